The Morgan fingerprint density at radius 2 is 1.59 bits per heavy atom. The minimum Gasteiger partial charge on any atom is -0.394 e. The van der Waals surface area contributed by atoms with E-state index in [4.69, 9.17) is 30.3 Å². The van der Waals surface area contributed by atoms with Gasteiger partial charge in [0.05, 0.1) is 26.4 Å². The fourth-order valence-corrected chi connectivity index (χ4v) is 0.937. The number of Topliss-reactive ketones (excluding diaryl/α,β-unsaturated/α-hetero) is 1. The molecule has 0 bridgehead atoms. The molecular formula is C9H18O8. The molecule has 0 aromatic carbocycles. The quantitative estimate of drug-likeness (QED) is 0.244. The normalized spacial score (nSPS) is 18.5. The first-order chi connectivity index (χ1) is 7.93. The van der Waals surface area contributed by atoms with E-state index in [9.17, 15) is 9.90 Å². The minimum absolute atomic E-state index is 0.278. The van der Waals surface area contributed by atoms with Crippen molar-refractivity contribution in [2.45, 2.75) is 24.4 Å². The van der Waals surface area contributed by atoms with Gasteiger partial charge in [0.1, 0.15) is 24.4 Å². The highest BCUT2D eigenvalue weighted by molar-refractivity contribution is 5.87. The lowest BCUT2D eigenvalue weighted by atomic mass is 10.1. The van der Waals surface area contributed by atoms with Crippen molar-refractivity contribution in [3.05, 3.63) is 0 Å². The summed E-state index contributed by atoms with van der Waals surface area (Å²) >= 11 is 0. The summed E-state index contributed by atoms with van der Waals surface area (Å²) in [6.45, 7) is -2.11. The Morgan fingerprint density at radius 3 is 2.06 bits per heavy atom. The van der Waals surface area contributed by atoms with E-state index in [1.54, 1.807) is 0 Å². The second-order valence-electron chi connectivity index (χ2n) is 3.49. The molecule has 0 spiro atoms. The average molecular weight is 254 g/mol. The standard InChI is InChI=1S/C9H18O8/c10-1-5(12)3-17-4-7(14)9(16)8(15)6(13)2-11/h5-8,10-15H,1-4H2/t5?,6-,7?,8-/m1/s1. The Labute approximate surface area is 97.7 Å². The molecule has 4 atom stereocenters. The summed E-state index contributed by atoms with van der Waals surface area (Å²) in [7, 11) is 0. The Kier molecular flexibility index (Phi) is 8.17. The summed E-state index contributed by atoms with van der Waals surface area (Å²) < 4.78 is 4.70. The molecule has 0 amide bonds. The molecule has 0 aliphatic heterocycles. The third-order valence-corrected chi connectivity index (χ3v) is 1.97. The Bertz CT molecular complexity index is 221. The molecule has 0 rings (SSSR count). The van der Waals surface area contributed by atoms with Gasteiger partial charge in [-0.2, -0.15) is 0 Å². The minimum atomic E-state index is -1.90. The second kappa shape index (κ2) is 8.48. The van der Waals surface area contributed by atoms with Crippen LogP contribution in [0, 0.1) is 0 Å². The van der Waals surface area contributed by atoms with Crippen LogP contribution in [0.15, 0.2) is 0 Å². The van der Waals surface area contributed by atoms with Crippen molar-refractivity contribution in [2.75, 3.05) is 26.4 Å². The van der Waals surface area contributed by atoms with E-state index in [2.05, 4.69) is 0 Å². The van der Waals surface area contributed by atoms with E-state index in [0.717, 1.165) is 0 Å². The zero-order valence-electron chi connectivity index (χ0n) is 9.14. The molecule has 0 saturated heterocycles. The predicted molar refractivity (Wildman–Crippen MR) is 54.0 cm³/mol. The van der Waals surface area contributed by atoms with E-state index in [0.29, 0.717) is 0 Å². The van der Waals surface area contributed by atoms with Crippen LogP contribution in [-0.4, -0.2) is 87.3 Å². The molecule has 17 heavy (non-hydrogen) atoms. The maximum absolute atomic E-state index is 11.2. The molecule has 0 saturated carbocycles. The molecule has 8 heteroatoms. The van der Waals surface area contributed by atoms with Crippen LogP contribution in [0.25, 0.3) is 0 Å². The van der Waals surface area contributed by atoms with Gasteiger partial charge in [-0.25, -0.2) is 0 Å². The van der Waals surface area contributed by atoms with Gasteiger partial charge in [0.25, 0.3) is 0 Å². The number of ether oxygens (including phenoxy) is 1. The summed E-state index contributed by atoms with van der Waals surface area (Å²) in [5, 5.41) is 53.1. The van der Waals surface area contributed by atoms with Gasteiger partial charge in [-0.15, -0.1) is 0 Å². The van der Waals surface area contributed by atoms with Crippen molar-refractivity contribution in [2.24, 2.45) is 0 Å². The number of ketones is 1. The highest BCUT2D eigenvalue weighted by Crippen LogP contribution is 2.00. The van der Waals surface area contributed by atoms with Gasteiger partial charge in [-0.3, -0.25) is 4.79 Å². The van der Waals surface area contributed by atoms with Gasteiger partial charge >= 0.3 is 0 Å². The molecule has 2 unspecified atom stereocenters. The predicted octanol–water partition coefficient (Wildman–Crippen LogP) is -4.00. The lowest BCUT2D eigenvalue weighted by Gasteiger charge is -2.18. The first-order valence-corrected chi connectivity index (χ1v) is 4.99. The van der Waals surface area contributed by atoms with Crippen LogP contribution in [0.3, 0.4) is 0 Å². The Balaban J connectivity index is 3.97. The summed E-state index contributed by atoms with van der Waals surface area (Å²) in [5.74, 6) is -1.09. The summed E-state index contributed by atoms with van der Waals surface area (Å²) in [5.41, 5.74) is 0. The van der Waals surface area contributed by atoms with Gasteiger partial charge < -0.3 is 35.4 Å². The highest BCUT2D eigenvalue weighted by atomic mass is 16.5. The van der Waals surface area contributed by atoms with Gasteiger partial charge in [0.15, 0.2) is 5.78 Å². The summed E-state index contributed by atoms with van der Waals surface area (Å²) in [6, 6.07) is 0. The molecule has 0 heterocycles. The molecule has 0 radical (unpaired) electrons. The first kappa shape index (κ1) is 16.4. The van der Waals surface area contributed by atoms with Crippen molar-refractivity contribution in [1.82, 2.24) is 0 Å². The SMILES string of the molecule is O=C(C(O)COCC(O)CO)[C@H](O)[C@H](O)CO. The molecule has 8 nitrogen and oxygen atoms in total. The van der Waals surface area contributed by atoms with Crippen LogP contribution in [-0.2, 0) is 9.53 Å². The second-order valence-corrected chi connectivity index (χ2v) is 3.49. The van der Waals surface area contributed by atoms with Gasteiger partial charge in [-0.05, 0) is 0 Å². The molecule has 0 fully saturated rings. The fourth-order valence-electron chi connectivity index (χ4n) is 0.937. The first-order valence-electron chi connectivity index (χ1n) is 4.99. The van der Waals surface area contributed by atoms with Crippen LogP contribution < -0.4 is 0 Å². The number of rotatable bonds is 9. The van der Waals surface area contributed by atoms with Crippen molar-refractivity contribution in [1.29, 1.82) is 0 Å². The maximum atomic E-state index is 11.2. The number of carbonyl (C=O) groups is 1. The topological polar surface area (TPSA) is 148 Å². The van der Waals surface area contributed by atoms with E-state index in [-0.39, 0.29) is 6.61 Å². The average Bonchev–Trinajstić information content (AvgIpc) is 2.35. The van der Waals surface area contributed by atoms with Crippen LogP contribution in [0.2, 0.25) is 0 Å². The van der Waals surface area contributed by atoms with Crippen LogP contribution in [0.5, 0.6) is 0 Å². The zero-order valence-corrected chi connectivity index (χ0v) is 9.14. The van der Waals surface area contributed by atoms with Gasteiger partial charge in [-0.1, -0.05) is 0 Å². The van der Waals surface area contributed by atoms with E-state index in [1.807, 2.05) is 0 Å². The molecule has 6 N–H and O–H groups in total. The van der Waals surface area contributed by atoms with E-state index in [1.165, 1.54) is 0 Å². The smallest absolute Gasteiger partial charge is 0.194 e. The largest absolute Gasteiger partial charge is 0.394 e. The van der Waals surface area contributed by atoms with Crippen LogP contribution in [0.1, 0.15) is 0 Å². The molecule has 0 aliphatic carbocycles. The van der Waals surface area contributed by atoms with Gasteiger partial charge in [0.2, 0.25) is 0 Å². The van der Waals surface area contributed by atoms with E-state index >= 15 is 0 Å². The third-order valence-electron chi connectivity index (χ3n) is 1.97. The monoisotopic (exact) mass is 254 g/mol. The fraction of sp³-hybridized carbons (Fsp3) is 0.889. The highest BCUT2D eigenvalue weighted by Gasteiger charge is 2.29. The molecule has 0 aromatic heterocycles. The zero-order chi connectivity index (χ0) is 13.4. The Morgan fingerprint density at radius 1 is 1.00 bits per heavy atom. The van der Waals surface area contributed by atoms with Crippen molar-refractivity contribution in [3.63, 3.8) is 0 Å². The summed E-state index contributed by atoms with van der Waals surface area (Å²) in [6.07, 6.45) is -6.37. The summed E-state index contributed by atoms with van der Waals surface area (Å²) in [4.78, 5) is 11.2. The van der Waals surface area contributed by atoms with Gasteiger partial charge in [0, 0.05) is 0 Å². The number of hydrogen-bond donors (Lipinski definition) is 6. The van der Waals surface area contributed by atoms with Crippen molar-refractivity contribution in [3.8, 4) is 0 Å². The van der Waals surface area contributed by atoms with Crippen molar-refractivity contribution < 1.29 is 40.2 Å². The lowest BCUT2D eigenvalue weighted by Crippen LogP contribution is -2.44. The number of aliphatic hydroxyl groups is 6. The molecular weight excluding hydrogens is 236 g/mol. The number of carbonyl (C=O) groups excluding carboxylic acids is 1. The number of hydrogen-bond acceptors (Lipinski definition) is 8. The molecule has 0 aromatic rings. The van der Waals surface area contributed by atoms with Crippen LogP contribution >= 0.6 is 0 Å². The van der Waals surface area contributed by atoms with Crippen LogP contribution in [0.4, 0.5) is 0 Å². The van der Waals surface area contributed by atoms with E-state index < -0.39 is 50.0 Å². The van der Waals surface area contributed by atoms with Crippen molar-refractivity contribution >= 4 is 5.78 Å². The Hall–Kier alpha value is -0.610. The molecule has 0 aliphatic rings. The third kappa shape index (κ3) is 6.03. The lowest BCUT2D eigenvalue weighted by molar-refractivity contribution is -0.146. The molecule has 102 valence electrons. The maximum Gasteiger partial charge on any atom is 0.194 e. The number of aliphatic hydroxyl groups excluding tert-OH is 6.